The molecule has 1 unspecified atom stereocenters. The van der Waals surface area contributed by atoms with Crippen LogP contribution in [0, 0.1) is 5.92 Å². The van der Waals surface area contributed by atoms with Crippen molar-refractivity contribution in [1.29, 1.82) is 0 Å². The maximum absolute atomic E-state index is 11.9. The molecule has 1 aliphatic heterocycles. The topological polar surface area (TPSA) is 58.4 Å². The van der Waals surface area contributed by atoms with Gasteiger partial charge in [0.05, 0.1) is 6.04 Å². The molecule has 0 aromatic carbocycles. The highest BCUT2D eigenvalue weighted by molar-refractivity contribution is 5.82. The van der Waals surface area contributed by atoms with Crippen molar-refractivity contribution in [2.75, 3.05) is 19.6 Å². The van der Waals surface area contributed by atoms with Crippen molar-refractivity contribution in [2.24, 2.45) is 11.7 Å². The Kier molecular flexibility index (Phi) is 6.65. The molecule has 4 heteroatoms. The first-order valence-electron chi connectivity index (χ1n) is 7.33. The van der Waals surface area contributed by atoms with E-state index in [1.807, 2.05) is 6.92 Å². The third-order valence-corrected chi connectivity index (χ3v) is 3.93. The molecule has 1 saturated heterocycles. The zero-order valence-corrected chi connectivity index (χ0v) is 12.1. The molecule has 1 amide bonds. The number of rotatable bonds is 6. The van der Waals surface area contributed by atoms with Gasteiger partial charge in [0.2, 0.25) is 5.91 Å². The summed E-state index contributed by atoms with van der Waals surface area (Å²) in [5.41, 5.74) is 5.93. The Hall–Kier alpha value is -0.610. The van der Waals surface area contributed by atoms with Gasteiger partial charge < -0.3 is 16.0 Å². The van der Waals surface area contributed by atoms with Crippen LogP contribution in [0.3, 0.4) is 0 Å². The van der Waals surface area contributed by atoms with Gasteiger partial charge in [0.1, 0.15) is 0 Å². The molecule has 1 aliphatic rings. The van der Waals surface area contributed by atoms with E-state index in [1.54, 1.807) is 0 Å². The molecule has 3 atom stereocenters. The van der Waals surface area contributed by atoms with Gasteiger partial charge >= 0.3 is 0 Å². The van der Waals surface area contributed by atoms with Crippen LogP contribution in [0.25, 0.3) is 0 Å². The number of carbonyl (C=O) groups is 1. The highest BCUT2D eigenvalue weighted by atomic mass is 16.2. The van der Waals surface area contributed by atoms with Crippen molar-refractivity contribution < 1.29 is 4.79 Å². The summed E-state index contributed by atoms with van der Waals surface area (Å²) in [4.78, 5) is 14.4. The zero-order chi connectivity index (χ0) is 13.5. The van der Waals surface area contributed by atoms with Crippen LogP contribution < -0.4 is 11.1 Å². The molecular weight excluding hydrogens is 226 g/mol. The van der Waals surface area contributed by atoms with Gasteiger partial charge in [0.15, 0.2) is 0 Å². The number of nitrogens with two attached hydrogens (primary N) is 1. The lowest BCUT2D eigenvalue weighted by atomic mass is 9.99. The Morgan fingerprint density at radius 1 is 1.28 bits per heavy atom. The first-order valence-corrected chi connectivity index (χ1v) is 7.33. The van der Waals surface area contributed by atoms with Gasteiger partial charge in [-0.1, -0.05) is 26.7 Å². The third-order valence-electron chi connectivity index (χ3n) is 3.93. The molecule has 0 aromatic heterocycles. The van der Waals surface area contributed by atoms with E-state index in [1.165, 1.54) is 19.3 Å². The Labute approximate surface area is 111 Å². The molecule has 4 nitrogen and oxygen atoms in total. The molecule has 0 saturated carbocycles. The number of carbonyl (C=O) groups excluding carboxylic acids is 1. The molecule has 0 spiro atoms. The van der Waals surface area contributed by atoms with E-state index < -0.39 is 0 Å². The van der Waals surface area contributed by atoms with Crippen LogP contribution in [0.2, 0.25) is 0 Å². The fourth-order valence-corrected chi connectivity index (χ4v) is 2.43. The largest absolute Gasteiger partial charge is 0.351 e. The second kappa shape index (κ2) is 7.74. The van der Waals surface area contributed by atoms with Crippen LogP contribution in [-0.4, -0.2) is 42.5 Å². The van der Waals surface area contributed by atoms with Crippen LogP contribution in [-0.2, 0) is 4.79 Å². The second-order valence-corrected chi connectivity index (χ2v) is 5.68. The van der Waals surface area contributed by atoms with Gasteiger partial charge in [0, 0.05) is 12.6 Å². The first kappa shape index (κ1) is 15.4. The molecule has 106 valence electrons. The van der Waals surface area contributed by atoms with Crippen molar-refractivity contribution in [3.8, 4) is 0 Å². The van der Waals surface area contributed by atoms with Crippen molar-refractivity contribution in [3.63, 3.8) is 0 Å². The van der Waals surface area contributed by atoms with E-state index in [9.17, 15) is 4.79 Å². The lowest BCUT2D eigenvalue weighted by Crippen LogP contribution is -2.50. The lowest BCUT2D eigenvalue weighted by molar-refractivity contribution is -0.124. The molecule has 1 heterocycles. The smallest absolute Gasteiger partial charge is 0.237 e. The number of piperidine rings is 1. The summed E-state index contributed by atoms with van der Waals surface area (Å²) in [6, 6.07) is -0.190. The SMILES string of the molecule is CC[C@@H](C)[C@@H](N)C(=O)NC(C)CN1CCCCC1. The molecule has 0 bridgehead atoms. The Balaban J connectivity index is 2.29. The number of hydrogen-bond acceptors (Lipinski definition) is 3. The molecule has 3 N–H and O–H groups in total. The summed E-state index contributed by atoms with van der Waals surface area (Å²) in [6.07, 6.45) is 4.85. The van der Waals surface area contributed by atoms with Crippen molar-refractivity contribution >= 4 is 5.91 Å². The first-order chi connectivity index (χ1) is 8.54. The second-order valence-electron chi connectivity index (χ2n) is 5.68. The minimum atomic E-state index is -0.376. The lowest BCUT2D eigenvalue weighted by Gasteiger charge is -2.30. The Morgan fingerprint density at radius 3 is 2.44 bits per heavy atom. The fraction of sp³-hybridized carbons (Fsp3) is 0.929. The predicted molar refractivity (Wildman–Crippen MR) is 75.3 cm³/mol. The average Bonchev–Trinajstić information content (AvgIpc) is 2.37. The fourth-order valence-electron chi connectivity index (χ4n) is 2.43. The normalized spacial score (nSPS) is 22.2. The van der Waals surface area contributed by atoms with Crippen LogP contribution in [0.1, 0.15) is 46.5 Å². The van der Waals surface area contributed by atoms with Crippen LogP contribution >= 0.6 is 0 Å². The highest BCUT2D eigenvalue weighted by Gasteiger charge is 2.21. The van der Waals surface area contributed by atoms with Crippen LogP contribution in [0.4, 0.5) is 0 Å². The van der Waals surface area contributed by atoms with Gasteiger partial charge in [-0.15, -0.1) is 0 Å². The number of hydrogen-bond donors (Lipinski definition) is 2. The Morgan fingerprint density at radius 2 is 1.89 bits per heavy atom. The van der Waals surface area contributed by atoms with Gasteiger partial charge in [-0.05, 0) is 38.8 Å². The maximum atomic E-state index is 11.9. The quantitative estimate of drug-likeness (QED) is 0.753. The van der Waals surface area contributed by atoms with E-state index in [0.717, 1.165) is 26.1 Å². The molecular formula is C14H29N3O. The molecule has 0 aliphatic carbocycles. The molecule has 18 heavy (non-hydrogen) atoms. The van der Waals surface area contributed by atoms with Crippen molar-refractivity contribution in [2.45, 2.75) is 58.5 Å². The van der Waals surface area contributed by atoms with Gasteiger partial charge in [0.25, 0.3) is 0 Å². The number of nitrogens with zero attached hydrogens (tertiary/aromatic N) is 1. The van der Waals surface area contributed by atoms with E-state index in [0.29, 0.717) is 0 Å². The summed E-state index contributed by atoms with van der Waals surface area (Å²) < 4.78 is 0. The minimum Gasteiger partial charge on any atom is -0.351 e. The maximum Gasteiger partial charge on any atom is 0.237 e. The van der Waals surface area contributed by atoms with Crippen molar-refractivity contribution in [1.82, 2.24) is 10.2 Å². The van der Waals surface area contributed by atoms with Gasteiger partial charge in [-0.2, -0.15) is 0 Å². The minimum absolute atomic E-state index is 0.00569. The molecule has 1 rings (SSSR count). The average molecular weight is 255 g/mol. The molecule has 0 aromatic rings. The summed E-state index contributed by atoms with van der Waals surface area (Å²) in [5.74, 6) is 0.237. The Bertz CT molecular complexity index is 251. The summed E-state index contributed by atoms with van der Waals surface area (Å²) in [5, 5.41) is 3.04. The van der Waals surface area contributed by atoms with Crippen LogP contribution in [0.5, 0.6) is 0 Å². The summed E-state index contributed by atoms with van der Waals surface area (Å²) in [6.45, 7) is 9.43. The van der Waals surface area contributed by atoms with E-state index in [4.69, 9.17) is 5.73 Å². The third kappa shape index (κ3) is 4.94. The summed E-state index contributed by atoms with van der Waals surface area (Å²) in [7, 11) is 0. The van der Waals surface area contributed by atoms with Crippen LogP contribution in [0.15, 0.2) is 0 Å². The van der Waals surface area contributed by atoms with Crippen molar-refractivity contribution in [3.05, 3.63) is 0 Å². The highest BCUT2D eigenvalue weighted by Crippen LogP contribution is 2.09. The van der Waals surface area contributed by atoms with E-state index >= 15 is 0 Å². The predicted octanol–water partition coefficient (Wildman–Crippen LogP) is 1.35. The monoisotopic (exact) mass is 255 g/mol. The summed E-state index contributed by atoms with van der Waals surface area (Å²) >= 11 is 0. The van der Waals surface area contributed by atoms with E-state index in [-0.39, 0.29) is 23.9 Å². The number of amides is 1. The van der Waals surface area contributed by atoms with Gasteiger partial charge in [-0.25, -0.2) is 0 Å². The van der Waals surface area contributed by atoms with E-state index in [2.05, 4.69) is 24.1 Å². The standard InChI is InChI=1S/C14H29N3O/c1-4-11(2)13(15)14(18)16-12(3)10-17-8-6-5-7-9-17/h11-13H,4-10,15H2,1-3H3,(H,16,18)/t11-,12?,13-/m1/s1. The molecule has 0 radical (unpaired) electrons. The molecule has 1 fully saturated rings. The number of likely N-dealkylation sites (tertiary alicyclic amines) is 1. The zero-order valence-electron chi connectivity index (χ0n) is 12.1. The van der Waals surface area contributed by atoms with Gasteiger partial charge in [-0.3, -0.25) is 4.79 Å². The number of nitrogens with one attached hydrogen (secondary N) is 1.